The van der Waals surface area contributed by atoms with E-state index < -0.39 is 5.60 Å². The highest BCUT2D eigenvalue weighted by molar-refractivity contribution is 6.05. The molecule has 1 aromatic carbocycles. The van der Waals surface area contributed by atoms with Gasteiger partial charge in [0.05, 0.1) is 17.2 Å². The van der Waals surface area contributed by atoms with E-state index in [4.69, 9.17) is 10.5 Å². The zero-order valence-electron chi connectivity index (χ0n) is 13.1. The second kappa shape index (κ2) is 5.85. The van der Waals surface area contributed by atoms with Crippen molar-refractivity contribution in [2.75, 3.05) is 31.3 Å². The first-order valence-corrected chi connectivity index (χ1v) is 7.14. The molecule has 0 amide bonds. The number of amidine groups is 1. The molecule has 2 N–H and O–H groups in total. The van der Waals surface area contributed by atoms with Crippen molar-refractivity contribution in [2.24, 2.45) is 4.99 Å². The van der Waals surface area contributed by atoms with Gasteiger partial charge in [-0.1, -0.05) is 0 Å². The maximum atomic E-state index is 12.6. The summed E-state index contributed by atoms with van der Waals surface area (Å²) in [7, 11) is 3.63. The first kappa shape index (κ1) is 15.5. The Bertz CT molecular complexity index is 575. The highest BCUT2D eigenvalue weighted by Crippen LogP contribution is 2.31. The monoisotopic (exact) mass is 289 g/mol. The van der Waals surface area contributed by atoms with Crippen LogP contribution < -0.4 is 10.6 Å². The van der Waals surface area contributed by atoms with Gasteiger partial charge in [-0.25, -0.2) is 0 Å². The molecule has 114 valence electrons. The maximum absolute atomic E-state index is 12.6. The standard InChI is InChI=1S/C16H23N3O2/c1-11(18-3)19(4)14-7-6-12(10-13(14)17)15(20)16(2)8-5-9-21-16/h6-7,10H,5,8-9,17H2,1-4H3. The minimum atomic E-state index is -0.708. The van der Waals surface area contributed by atoms with Crippen LogP contribution >= 0.6 is 0 Å². The molecule has 1 unspecified atom stereocenters. The van der Waals surface area contributed by atoms with Crippen molar-refractivity contribution in [3.63, 3.8) is 0 Å². The maximum Gasteiger partial charge on any atom is 0.194 e. The Morgan fingerprint density at radius 1 is 1.48 bits per heavy atom. The summed E-state index contributed by atoms with van der Waals surface area (Å²) < 4.78 is 5.61. The fourth-order valence-electron chi connectivity index (χ4n) is 2.59. The van der Waals surface area contributed by atoms with Crippen LogP contribution in [0.2, 0.25) is 0 Å². The van der Waals surface area contributed by atoms with Crippen LogP contribution in [0.15, 0.2) is 23.2 Å². The summed E-state index contributed by atoms with van der Waals surface area (Å²) in [5, 5.41) is 0. The van der Waals surface area contributed by atoms with E-state index in [1.807, 2.05) is 31.9 Å². The zero-order chi connectivity index (χ0) is 15.6. The van der Waals surface area contributed by atoms with Gasteiger partial charge in [0.25, 0.3) is 0 Å². The van der Waals surface area contributed by atoms with Crippen LogP contribution in [0.4, 0.5) is 11.4 Å². The number of nitrogens with zero attached hydrogens (tertiary/aromatic N) is 2. The molecule has 21 heavy (non-hydrogen) atoms. The van der Waals surface area contributed by atoms with Crippen LogP contribution in [-0.2, 0) is 4.74 Å². The Morgan fingerprint density at radius 3 is 2.71 bits per heavy atom. The first-order chi connectivity index (χ1) is 9.89. The summed E-state index contributed by atoms with van der Waals surface area (Å²) >= 11 is 0. The molecular weight excluding hydrogens is 266 g/mol. The summed E-state index contributed by atoms with van der Waals surface area (Å²) in [6, 6.07) is 5.39. The van der Waals surface area contributed by atoms with Gasteiger partial charge in [-0.05, 0) is 44.9 Å². The Hall–Kier alpha value is -1.88. The number of anilines is 2. The number of ketones is 1. The number of rotatable bonds is 3. The van der Waals surface area contributed by atoms with Crippen LogP contribution in [0.25, 0.3) is 0 Å². The molecule has 0 aromatic heterocycles. The predicted octanol–water partition coefficient (Wildman–Crippen LogP) is 2.50. The second-order valence-electron chi connectivity index (χ2n) is 5.62. The minimum absolute atomic E-state index is 0.00165. The van der Waals surface area contributed by atoms with Crippen LogP contribution in [-0.4, -0.2) is 37.9 Å². The number of Topliss-reactive ketones (excluding diaryl/α,β-unsaturated/α-hetero) is 1. The van der Waals surface area contributed by atoms with Crippen LogP contribution in [0.5, 0.6) is 0 Å². The Morgan fingerprint density at radius 2 is 2.19 bits per heavy atom. The molecule has 1 heterocycles. The van der Waals surface area contributed by atoms with E-state index in [-0.39, 0.29) is 5.78 Å². The topological polar surface area (TPSA) is 67.9 Å². The molecule has 1 atom stereocenters. The number of carbonyl (C=O) groups is 1. The molecule has 1 saturated heterocycles. The number of carbonyl (C=O) groups excluding carboxylic acids is 1. The molecule has 5 heteroatoms. The molecule has 0 radical (unpaired) electrons. The summed E-state index contributed by atoms with van der Waals surface area (Å²) in [5.41, 5.74) is 7.40. The summed E-state index contributed by atoms with van der Waals surface area (Å²) in [6.45, 7) is 4.41. The lowest BCUT2D eigenvalue weighted by Crippen LogP contribution is -2.34. The summed E-state index contributed by atoms with van der Waals surface area (Å²) in [6.07, 6.45) is 1.68. The SMILES string of the molecule is CN=C(C)N(C)c1ccc(C(=O)C2(C)CCCO2)cc1N. The second-order valence-corrected chi connectivity index (χ2v) is 5.62. The lowest BCUT2D eigenvalue weighted by atomic mass is 9.91. The number of hydrogen-bond acceptors (Lipinski definition) is 4. The fourth-order valence-corrected chi connectivity index (χ4v) is 2.59. The number of ether oxygens (including phenoxy) is 1. The van der Waals surface area contributed by atoms with E-state index in [1.165, 1.54) is 0 Å². The van der Waals surface area contributed by atoms with Crippen molar-refractivity contribution >= 4 is 23.0 Å². The third-order valence-corrected chi connectivity index (χ3v) is 4.16. The van der Waals surface area contributed by atoms with E-state index in [1.54, 1.807) is 19.2 Å². The van der Waals surface area contributed by atoms with Crippen molar-refractivity contribution in [3.05, 3.63) is 23.8 Å². The van der Waals surface area contributed by atoms with Gasteiger partial charge in [0, 0.05) is 26.3 Å². The van der Waals surface area contributed by atoms with Gasteiger partial charge in [0.2, 0.25) is 0 Å². The van der Waals surface area contributed by atoms with Gasteiger partial charge in [0.15, 0.2) is 5.78 Å². The van der Waals surface area contributed by atoms with Gasteiger partial charge in [-0.2, -0.15) is 0 Å². The summed E-state index contributed by atoms with van der Waals surface area (Å²) in [4.78, 5) is 18.6. The number of aliphatic imine (C=N–C) groups is 1. The zero-order valence-corrected chi connectivity index (χ0v) is 13.1. The third-order valence-electron chi connectivity index (χ3n) is 4.16. The van der Waals surface area contributed by atoms with Gasteiger partial charge in [-0.3, -0.25) is 9.79 Å². The lowest BCUT2D eigenvalue weighted by Gasteiger charge is -2.24. The molecule has 1 fully saturated rings. The molecule has 5 nitrogen and oxygen atoms in total. The van der Waals surface area contributed by atoms with E-state index in [0.717, 1.165) is 24.4 Å². The molecule has 0 bridgehead atoms. The van der Waals surface area contributed by atoms with E-state index in [2.05, 4.69) is 4.99 Å². The first-order valence-electron chi connectivity index (χ1n) is 7.14. The molecule has 1 aromatic rings. The van der Waals surface area contributed by atoms with E-state index in [9.17, 15) is 4.79 Å². The predicted molar refractivity (Wildman–Crippen MR) is 86.2 cm³/mol. The Labute approximate surface area is 125 Å². The van der Waals surface area contributed by atoms with Crippen molar-refractivity contribution in [3.8, 4) is 0 Å². The van der Waals surface area contributed by atoms with Crippen LogP contribution in [0, 0.1) is 0 Å². The third kappa shape index (κ3) is 2.93. The number of nitrogens with two attached hydrogens (primary N) is 1. The number of nitrogen functional groups attached to an aromatic ring is 1. The van der Waals surface area contributed by atoms with Crippen LogP contribution in [0.3, 0.4) is 0 Å². The Kier molecular flexibility index (Phi) is 4.32. The normalized spacial score (nSPS) is 22.4. The average molecular weight is 289 g/mol. The molecule has 0 saturated carbocycles. The average Bonchev–Trinajstić information content (AvgIpc) is 2.92. The quantitative estimate of drug-likeness (QED) is 0.402. The molecular formula is C16H23N3O2. The Balaban J connectivity index is 2.29. The van der Waals surface area contributed by atoms with Crippen LogP contribution in [0.1, 0.15) is 37.0 Å². The van der Waals surface area contributed by atoms with Gasteiger partial charge in [0.1, 0.15) is 5.60 Å². The molecule has 1 aliphatic heterocycles. The van der Waals surface area contributed by atoms with Crippen molar-refractivity contribution in [1.29, 1.82) is 0 Å². The van der Waals surface area contributed by atoms with Gasteiger partial charge >= 0.3 is 0 Å². The minimum Gasteiger partial charge on any atom is -0.397 e. The van der Waals surface area contributed by atoms with Crippen molar-refractivity contribution < 1.29 is 9.53 Å². The lowest BCUT2D eigenvalue weighted by molar-refractivity contribution is 0.0213. The van der Waals surface area contributed by atoms with Gasteiger partial charge < -0.3 is 15.4 Å². The fraction of sp³-hybridized carbons (Fsp3) is 0.500. The van der Waals surface area contributed by atoms with Crippen molar-refractivity contribution in [2.45, 2.75) is 32.3 Å². The highest BCUT2D eigenvalue weighted by Gasteiger charge is 2.38. The largest absolute Gasteiger partial charge is 0.397 e. The van der Waals surface area contributed by atoms with Crippen molar-refractivity contribution in [1.82, 2.24) is 0 Å². The molecule has 0 spiro atoms. The van der Waals surface area contributed by atoms with Gasteiger partial charge in [-0.15, -0.1) is 0 Å². The molecule has 0 aliphatic carbocycles. The molecule has 1 aliphatic rings. The summed E-state index contributed by atoms with van der Waals surface area (Å²) in [5.74, 6) is 0.855. The highest BCUT2D eigenvalue weighted by atomic mass is 16.5. The molecule has 2 rings (SSSR count). The van der Waals surface area contributed by atoms with E-state index >= 15 is 0 Å². The number of benzene rings is 1. The van der Waals surface area contributed by atoms with E-state index in [0.29, 0.717) is 17.9 Å². The smallest absolute Gasteiger partial charge is 0.194 e. The number of hydrogen-bond donors (Lipinski definition) is 1.